The summed E-state index contributed by atoms with van der Waals surface area (Å²) in [5.41, 5.74) is 8.82. The summed E-state index contributed by atoms with van der Waals surface area (Å²) in [6.07, 6.45) is 0. The second-order valence-corrected chi connectivity index (χ2v) is 2.66. The molecule has 0 unspecified atom stereocenters. The molecule has 0 aliphatic rings. The van der Waals surface area contributed by atoms with Gasteiger partial charge in [-0.25, -0.2) is 0 Å². The summed E-state index contributed by atoms with van der Waals surface area (Å²) in [5, 5.41) is 8.66. The summed E-state index contributed by atoms with van der Waals surface area (Å²) in [7, 11) is 0. The van der Waals surface area contributed by atoms with E-state index in [0.29, 0.717) is 11.3 Å². The Morgan fingerprint density at radius 3 is 2.45 bits per heavy atom. The molecular formula is C9H10N2. The molecule has 56 valence electrons. The Kier molecular flexibility index (Phi) is 1.82. The summed E-state index contributed by atoms with van der Waals surface area (Å²) < 4.78 is 0. The minimum atomic E-state index is 0.574. The van der Waals surface area contributed by atoms with Crippen LogP contribution < -0.4 is 5.73 Å². The second kappa shape index (κ2) is 2.63. The molecule has 1 rings (SSSR count). The third-order valence-corrected chi connectivity index (χ3v) is 1.62. The molecule has 0 fully saturated rings. The molecule has 2 nitrogen and oxygen atoms in total. The average Bonchev–Trinajstić information content (AvgIpc) is 1.85. The monoisotopic (exact) mass is 146 g/mol. The molecular weight excluding hydrogens is 136 g/mol. The zero-order valence-corrected chi connectivity index (χ0v) is 6.68. The molecule has 0 atom stereocenters. The number of benzene rings is 1. The summed E-state index contributed by atoms with van der Waals surface area (Å²) in [6.45, 7) is 3.85. The number of nitrogen functional groups attached to an aromatic ring is 1. The van der Waals surface area contributed by atoms with E-state index in [1.165, 1.54) is 0 Å². The largest absolute Gasteiger partial charge is 0.398 e. The number of nitriles is 1. The van der Waals surface area contributed by atoms with Crippen molar-refractivity contribution in [2.45, 2.75) is 13.8 Å². The van der Waals surface area contributed by atoms with E-state index in [2.05, 4.69) is 6.07 Å². The van der Waals surface area contributed by atoms with Crippen LogP contribution in [0.3, 0.4) is 0 Å². The SMILES string of the molecule is Cc1cc(C)c(C#N)c(N)c1. The van der Waals surface area contributed by atoms with E-state index in [0.717, 1.165) is 11.1 Å². The number of nitrogens with two attached hydrogens (primary N) is 1. The maximum Gasteiger partial charge on any atom is 0.102 e. The van der Waals surface area contributed by atoms with Crippen molar-refractivity contribution in [3.8, 4) is 6.07 Å². The van der Waals surface area contributed by atoms with Crippen LogP contribution in [0.4, 0.5) is 5.69 Å². The lowest BCUT2D eigenvalue weighted by molar-refractivity contribution is 1.35. The lowest BCUT2D eigenvalue weighted by atomic mass is 10.0. The molecule has 2 heteroatoms. The van der Waals surface area contributed by atoms with Crippen LogP contribution in [-0.2, 0) is 0 Å². The Morgan fingerprint density at radius 1 is 1.36 bits per heavy atom. The van der Waals surface area contributed by atoms with Gasteiger partial charge in [0.25, 0.3) is 0 Å². The van der Waals surface area contributed by atoms with Gasteiger partial charge in [0.15, 0.2) is 0 Å². The van der Waals surface area contributed by atoms with Gasteiger partial charge >= 0.3 is 0 Å². The normalized spacial score (nSPS) is 9.18. The van der Waals surface area contributed by atoms with Crippen molar-refractivity contribution < 1.29 is 0 Å². The van der Waals surface area contributed by atoms with E-state index < -0.39 is 0 Å². The van der Waals surface area contributed by atoms with Crippen LogP contribution in [-0.4, -0.2) is 0 Å². The lowest BCUT2D eigenvalue weighted by Gasteiger charge is -2.02. The zero-order valence-electron chi connectivity index (χ0n) is 6.68. The van der Waals surface area contributed by atoms with Gasteiger partial charge < -0.3 is 5.73 Å². The molecule has 0 spiro atoms. The first kappa shape index (κ1) is 7.62. The van der Waals surface area contributed by atoms with Crippen molar-refractivity contribution in [1.29, 1.82) is 5.26 Å². The van der Waals surface area contributed by atoms with Gasteiger partial charge in [-0.15, -0.1) is 0 Å². The average molecular weight is 146 g/mol. The van der Waals surface area contributed by atoms with Gasteiger partial charge in [0.2, 0.25) is 0 Å². The Bertz CT molecular complexity index is 298. The van der Waals surface area contributed by atoms with Crippen molar-refractivity contribution in [2.24, 2.45) is 0 Å². The zero-order chi connectivity index (χ0) is 8.43. The molecule has 0 aliphatic heterocycles. The maximum absolute atomic E-state index is 8.66. The van der Waals surface area contributed by atoms with E-state index in [4.69, 9.17) is 11.0 Å². The van der Waals surface area contributed by atoms with Crippen molar-refractivity contribution in [3.05, 3.63) is 28.8 Å². The highest BCUT2D eigenvalue weighted by atomic mass is 14.6. The first-order chi connectivity index (χ1) is 5.15. The summed E-state index contributed by atoms with van der Waals surface area (Å²) in [5.74, 6) is 0. The van der Waals surface area contributed by atoms with E-state index in [1.54, 1.807) is 0 Å². The number of hydrogen-bond acceptors (Lipinski definition) is 2. The third kappa shape index (κ3) is 1.32. The fraction of sp³-hybridized carbons (Fsp3) is 0.222. The van der Waals surface area contributed by atoms with Crippen LogP contribution in [0.5, 0.6) is 0 Å². The van der Waals surface area contributed by atoms with Gasteiger partial charge in [-0.05, 0) is 31.0 Å². The molecule has 0 aromatic heterocycles. The second-order valence-electron chi connectivity index (χ2n) is 2.66. The number of rotatable bonds is 0. The van der Waals surface area contributed by atoms with Crippen LogP contribution in [0.1, 0.15) is 16.7 Å². The van der Waals surface area contributed by atoms with Crippen LogP contribution in [0, 0.1) is 25.2 Å². The van der Waals surface area contributed by atoms with Gasteiger partial charge in [0.05, 0.1) is 5.56 Å². The molecule has 0 heterocycles. The molecule has 2 N–H and O–H groups in total. The van der Waals surface area contributed by atoms with Gasteiger partial charge in [0, 0.05) is 5.69 Å². The van der Waals surface area contributed by atoms with E-state index >= 15 is 0 Å². The molecule has 1 aromatic rings. The summed E-state index contributed by atoms with van der Waals surface area (Å²) in [4.78, 5) is 0. The molecule has 0 amide bonds. The van der Waals surface area contributed by atoms with Crippen LogP contribution in [0.25, 0.3) is 0 Å². The lowest BCUT2D eigenvalue weighted by Crippen LogP contribution is -1.93. The quantitative estimate of drug-likeness (QED) is 0.567. The Morgan fingerprint density at radius 2 is 2.00 bits per heavy atom. The van der Waals surface area contributed by atoms with Gasteiger partial charge in [-0.3, -0.25) is 0 Å². The predicted molar refractivity (Wildman–Crippen MR) is 45.0 cm³/mol. The van der Waals surface area contributed by atoms with Crippen molar-refractivity contribution in [3.63, 3.8) is 0 Å². The molecule has 0 bridgehead atoms. The molecule has 0 aliphatic carbocycles. The Labute approximate surface area is 66.3 Å². The van der Waals surface area contributed by atoms with E-state index in [1.807, 2.05) is 26.0 Å². The molecule has 0 saturated carbocycles. The molecule has 0 radical (unpaired) electrons. The Hall–Kier alpha value is -1.49. The van der Waals surface area contributed by atoms with Crippen molar-refractivity contribution in [2.75, 3.05) is 5.73 Å². The fourth-order valence-electron chi connectivity index (χ4n) is 1.15. The highest BCUT2D eigenvalue weighted by molar-refractivity contribution is 5.59. The van der Waals surface area contributed by atoms with Crippen LogP contribution in [0.15, 0.2) is 12.1 Å². The maximum atomic E-state index is 8.66. The first-order valence-corrected chi connectivity index (χ1v) is 3.42. The van der Waals surface area contributed by atoms with E-state index in [9.17, 15) is 0 Å². The summed E-state index contributed by atoms with van der Waals surface area (Å²) >= 11 is 0. The molecule has 1 aromatic carbocycles. The van der Waals surface area contributed by atoms with Crippen molar-refractivity contribution >= 4 is 5.69 Å². The predicted octanol–water partition coefficient (Wildman–Crippen LogP) is 1.76. The summed E-state index contributed by atoms with van der Waals surface area (Å²) in [6, 6.07) is 5.83. The van der Waals surface area contributed by atoms with Gasteiger partial charge in [-0.2, -0.15) is 5.26 Å². The first-order valence-electron chi connectivity index (χ1n) is 3.42. The number of anilines is 1. The standard InChI is InChI=1S/C9H10N2/c1-6-3-7(2)8(5-10)9(11)4-6/h3-4H,11H2,1-2H3. The smallest absolute Gasteiger partial charge is 0.102 e. The highest BCUT2D eigenvalue weighted by Crippen LogP contribution is 2.17. The minimum absolute atomic E-state index is 0.574. The van der Waals surface area contributed by atoms with Crippen LogP contribution in [0.2, 0.25) is 0 Å². The molecule has 11 heavy (non-hydrogen) atoms. The van der Waals surface area contributed by atoms with Crippen molar-refractivity contribution in [1.82, 2.24) is 0 Å². The van der Waals surface area contributed by atoms with Crippen LogP contribution >= 0.6 is 0 Å². The number of aryl methyl sites for hydroxylation is 2. The highest BCUT2D eigenvalue weighted by Gasteiger charge is 2.01. The number of nitrogens with zero attached hydrogens (tertiary/aromatic N) is 1. The van der Waals surface area contributed by atoms with E-state index in [-0.39, 0.29) is 0 Å². The Balaban J connectivity index is 3.40. The number of hydrogen-bond donors (Lipinski definition) is 1. The van der Waals surface area contributed by atoms with Gasteiger partial charge in [0.1, 0.15) is 6.07 Å². The molecule has 0 saturated heterocycles. The fourth-order valence-corrected chi connectivity index (χ4v) is 1.15. The third-order valence-electron chi connectivity index (χ3n) is 1.62. The van der Waals surface area contributed by atoms with Gasteiger partial charge in [-0.1, -0.05) is 6.07 Å². The minimum Gasteiger partial charge on any atom is -0.398 e. The topological polar surface area (TPSA) is 49.8 Å².